The number of benzene rings is 2. The molecule has 2 N–H and O–H groups in total. The Morgan fingerprint density at radius 3 is 2.14 bits per heavy atom. The van der Waals surface area contributed by atoms with Crippen LogP contribution in [0.25, 0.3) is 11.1 Å². The van der Waals surface area contributed by atoms with Gasteiger partial charge in [-0.15, -0.1) is 0 Å². The molecule has 0 aromatic heterocycles. The van der Waals surface area contributed by atoms with E-state index < -0.39 is 23.6 Å². The molecule has 2 aromatic carbocycles. The number of rotatable bonds is 7. The number of carbonyl (C=O) groups is 3. The molecule has 2 saturated heterocycles. The van der Waals surface area contributed by atoms with Crippen molar-refractivity contribution in [1.82, 2.24) is 10.2 Å². The first-order valence-electron chi connectivity index (χ1n) is 12.7. The summed E-state index contributed by atoms with van der Waals surface area (Å²) in [6, 6.07) is 15.5. The van der Waals surface area contributed by atoms with Gasteiger partial charge in [0.25, 0.3) is 0 Å². The second-order valence-corrected chi connectivity index (χ2v) is 10.5. The van der Waals surface area contributed by atoms with Crippen LogP contribution in [-0.4, -0.2) is 52.2 Å². The highest BCUT2D eigenvalue weighted by Gasteiger charge is 2.59. The first-order chi connectivity index (χ1) is 17.0. The molecule has 1 saturated carbocycles. The highest BCUT2D eigenvalue weighted by Crippen LogP contribution is 2.48. The van der Waals surface area contributed by atoms with Crippen molar-refractivity contribution in [3.8, 4) is 11.1 Å². The Labute approximate surface area is 204 Å². The summed E-state index contributed by atoms with van der Waals surface area (Å²) in [6.07, 6.45) is 4.36. The zero-order chi connectivity index (χ0) is 24.2. The Kier molecular flexibility index (Phi) is 5.31. The lowest BCUT2D eigenvalue weighted by Gasteiger charge is -2.34. The Bertz CT molecular complexity index is 1140. The third-order valence-electron chi connectivity index (χ3n) is 8.44. The largest absolute Gasteiger partial charge is 0.479 e. The molecular formula is C28H30N2O5. The number of aliphatic carboxylic acids is 1. The summed E-state index contributed by atoms with van der Waals surface area (Å²) >= 11 is 0. The van der Waals surface area contributed by atoms with Crippen LogP contribution in [0.4, 0.5) is 4.79 Å². The van der Waals surface area contributed by atoms with Gasteiger partial charge in [-0.25, -0.2) is 9.59 Å². The zero-order valence-electron chi connectivity index (χ0n) is 19.6. The van der Waals surface area contributed by atoms with Gasteiger partial charge in [0.15, 0.2) is 0 Å². The van der Waals surface area contributed by atoms with Gasteiger partial charge in [0, 0.05) is 12.0 Å². The molecule has 0 spiro atoms. The molecule has 1 atom stereocenters. The molecule has 2 aromatic rings. The number of carboxylic acid groups (broad SMARTS) is 1. The number of hydrogen-bond donors (Lipinski definition) is 2. The fourth-order valence-corrected chi connectivity index (χ4v) is 6.50. The van der Waals surface area contributed by atoms with E-state index in [-0.39, 0.29) is 24.5 Å². The van der Waals surface area contributed by atoms with Crippen molar-refractivity contribution in [3.63, 3.8) is 0 Å². The number of nitrogens with zero attached hydrogens (tertiary/aromatic N) is 1. The predicted octanol–water partition coefficient (Wildman–Crippen LogP) is 4.30. The Hall–Kier alpha value is -3.35. The molecule has 35 heavy (non-hydrogen) atoms. The van der Waals surface area contributed by atoms with E-state index in [1.807, 2.05) is 24.3 Å². The molecule has 4 aliphatic rings. The molecular weight excluding hydrogens is 444 g/mol. The smallest absolute Gasteiger partial charge is 0.407 e. The minimum atomic E-state index is -1.12. The summed E-state index contributed by atoms with van der Waals surface area (Å²) in [5.41, 5.74) is 3.45. The van der Waals surface area contributed by atoms with Crippen LogP contribution in [0.15, 0.2) is 48.5 Å². The average molecular weight is 475 g/mol. The number of nitrogens with one attached hydrogen (secondary N) is 1. The molecule has 2 bridgehead atoms. The number of fused-ring (bicyclic) bond motifs is 5. The summed E-state index contributed by atoms with van der Waals surface area (Å²) in [6.45, 7) is 0.176. The van der Waals surface area contributed by atoms with E-state index >= 15 is 0 Å². The second kappa shape index (κ2) is 8.40. The van der Waals surface area contributed by atoms with Crippen molar-refractivity contribution in [3.05, 3.63) is 59.7 Å². The maximum atomic E-state index is 13.6. The van der Waals surface area contributed by atoms with Crippen molar-refractivity contribution in [2.75, 3.05) is 6.61 Å². The fraction of sp³-hybridized carbons (Fsp3) is 0.464. The number of carboxylic acids is 1. The first-order valence-corrected chi connectivity index (χ1v) is 12.7. The fourth-order valence-electron chi connectivity index (χ4n) is 6.50. The van der Waals surface area contributed by atoms with E-state index in [0.29, 0.717) is 38.0 Å². The van der Waals surface area contributed by atoms with Crippen LogP contribution in [-0.2, 0) is 14.3 Å². The lowest BCUT2D eigenvalue weighted by molar-refractivity contribution is -0.156. The topological polar surface area (TPSA) is 95.9 Å². The molecule has 6 rings (SSSR count). The quantitative estimate of drug-likeness (QED) is 0.624. The molecule has 7 nitrogen and oxygen atoms in total. The van der Waals surface area contributed by atoms with Crippen molar-refractivity contribution in [1.29, 1.82) is 0 Å². The van der Waals surface area contributed by atoms with Gasteiger partial charge in [-0.2, -0.15) is 0 Å². The van der Waals surface area contributed by atoms with Crippen LogP contribution in [0.5, 0.6) is 0 Å². The van der Waals surface area contributed by atoms with Crippen LogP contribution in [0.3, 0.4) is 0 Å². The lowest BCUT2D eigenvalue weighted by Crippen LogP contribution is -2.57. The van der Waals surface area contributed by atoms with Gasteiger partial charge in [-0.1, -0.05) is 61.4 Å². The first kappa shape index (κ1) is 22.1. The van der Waals surface area contributed by atoms with Crippen LogP contribution >= 0.6 is 0 Å². The molecule has 182 valence electrons. The van der Waals surface area contributed by atoms with Gasteiger partial charge in [0.2, 0.25) is 5.91 Å². The van der Waals surface area contributed by atoms with Gasteiger partial charge in [-0.05, 0) is 60.3 Å². The number of alkyl carbamates (subject to hydrolysis) is 1. The summed E-state index contributed by atoms with van der Waals surface area (Å²) in [5.74, 6) is -0.876. The molecule has 7 heteroatoms. The molecule has 2 amide bonds. The second-order valence-electron chi connectivity index (χ2n) is 10.5. The summed E-state index contributed by atoms with van der Waals surface area (Å²) in [5, 5.41) is 12.7. The van der Waals surface area contributed by atoms with E-state index in [9.17, 15) is 19.5 Å². The third-order valence-corrected chi connectivity index (χ3v) is 8.44. The minimum absolute atomic E-state index is 0.0513. The lowest BCUT2D eigenvalue weighted by atomic mass is 9.88. The van der Waals surface area contributed by atoms with E-state index in [4.69, 9.17) is 4.74 Å². The minimum Gasteiger partial charge on any atom is -0.479 e. The van der Waals surface area contributed by atoms with Crippen LogP contribution in [0.1, 0.15) is 62.0 Å². The number of carbonyl (C=O) groups excluding carboxylic acids is 2. The zero-order valence-corrected chi connectivity index (χ0v) is 19.6. The van der Waals surface area contributed by atoms with Gasteiger partial charge >= 0.3 is 12.1 Å². The summed E-state index contributed by atoms with van der Waals surface area (Å²) in [7, 11) is 0. The monoisotopic (exact) mass is 474 g/mol. The SMILES string of the molecule is O=C(N[C@@H](CC1CC1)C(=O)N1C2CCC1(C(=O)O)CC2)OCC1c2ccccc2-c2ccccc21. The van der Waals surface area contributed by atoms with Gasteiger partial charge in [-0.3, -0.25) is 4.79 Å². The van der Waals surface area contributed by atoms with Crippen molar-refractivity contribution >= 4 is 18.0 Å². The van der Waals surface area contributed by atoms with Crippen LogP contribution in [0, 0.1) is 5.92 Å². The van der Waals surface area contributed by atoms with E-state index in [0.717, 1.165) is 35.1 Å². The van der Waals surface area contributed by atoms with E-state index in [1.54, 1.807) is 4.90 Å². The highest BCUT2D eigenvalue weighted by atomic mass is 16.5. The van der Waals surface area contributed by atoms with Gasteiger partial charge < -0.3 is 20.1 Å². The molecule has 0 radical (unpaired) electrons. The predicted molar refractivity (Wildman–Crippen MR) is 129 cm³/mol. The molecule has 3 fully saturated rings. The van der Waals surface area contributed by atoms with Gasteiger partial charge in [0.1, 0.15) is 18.2 Å². The number of amides is 2. The number of hydrogen-bond acceptors (Lipinski definition) is 4. The molecule has 2 aliphatic heterocycles. The normalized spacial score (nSPS) is 25.1. The van der Waals surface area contributed by atoms with Crippen molar-refractivity contribution < 1.29 is 24.2 Å². The Morgan fingerprint density at radius 1 is 0.971 bits per heavy atom. The highest BCUT2D eigenvalue weighted by molar-refractivity contribution is 5.93. The van der Waals surface area contributed by atoms with Crippen molar-refractivity contribution in [2.24, 2.45) is 5.92 Å². The van der Waals surface area contributed by atoms with E-state index in [2.05, 4.69) is 29.6 Å². The molecule has 2 heterocycles. The summed E-state index contributed by atoms with van der Waals surface area (Å²) in [4.78, 5) is 40.2. The maximum absolute atomic E-state index is 13.6. The standard InChI is InChI=1S/C28H30N2O5/c31-25(30-18-11-13-28(30,14-12-18)26(32)33)24(15-17-9-10-17)29-27(34)35-16-23-21-7-3-1-5-19(21)20-6-2-4-8-22(20)23/h1-8,17-18,23-24H,9-16H2,(H,29,34)(H,32,33)/t18?,24-,28?/m0/s1. The molecule has 2 aliphatic carbocycles. The van der Waals surface area contributed by atoms with E-state index in [1.165, 1.54) is 0 Å². The molecule has 0 unspecified atom stereocenters. The Morgan fingerprint density at radius 2 is 1.57 bits per heavy atom. The van der Waals surface area contributed by atoms with Crippen LogP contribution < -0.4 is 5.32 Å². The summed E-state index contributed by atoms with van der Waals surface area (Å²) < 4.78 is 5.69. The average Bonchev–Trinajstić information content (AvgIpc) is 3.38. The van der Waals surface area contributed by atoms with Crippen molar-refractivity contribution in [2.45, 2.75) is 68.5 Å². The Balaban J connectivity index is 1.17. The maximum Gasteiger partial charge on any atom is 0.407 e. The van der Waals surface area contributed by atoms with Crippen LogP contribution in [0.2, 0.25) is 0 Å². The number of ether oxygens (including phenoxy) is 1. The third kappa shape index (κ3) is 3.68. The van der Waals surface area contributed by atoms with Gasteiger partial charge in [0.05, 0.1) is 0 Å².